The molecule has 0 saturated heterocycles. The van der Waals surface area contributed by atoms with Crippen LogP contribution in [0.15, 0.2) is 39.1 Å². The molecular formula is C12H9NO7S. The number of carbonyl (C=O) groups is 2. The van der Waals surface area contributed by atoms with Gasteiger partial charge in [-0.25, -0.2) is 9.59 Å². The maximum Gasteiger partial charge on any atom is 0.358 e. The van der Waals surface area contributed by atoms with Crippen molar-refractivity contribution < 1.29 is 32.6 Å². The van der Waals surface area contributed by atoms with Gasteiger partial charge >= 0.3 is 11.9 Å². The molecule has 21 heavy (non-hydrogen) atoms. The Hall–Kier alpha value is -2.68. The smallest absolute Gasteiger partial charge is 0.358 e. The minimum atomic E-state index is -4.37. The molecule has 0 aliphatic carbocycles. The number of esters is 1. The fraction of sp³-hybridized carbons (Fsp3) is 0.0833. The summed E-state index contributed by atoms with van der Waals surface area (Å²) < 4.78 is 36.1. The Morgan fingerprint density at radius 3 is 2.38 bits per heavy atom. The van der Waals surface area contributed by atoms with E-state index in [0.717, 1.165) is 0 Å². The van der Waals surface area contributed by atoms with Crippen LogP contribution in [0.1, 0.15) is 0 Å². The van der Waals surface area contributed by atoms with Gasteiger partial charge in [0.15, 0.2) is 16.4 Å². The van der Waals surface area contributed by atoms with Gasteiger partial charge in [-0.05, 0) is 12.1 Å². The Balaban J connectivity index is 2.40. The van der Waals surface area contributed by atoms with Gasteiger partial charge in [0.2, 0.25) is 0 Å². The van der Waals surface area contributed by atoms with Gasteiger partial charge in [-0.1, -0.05) is 12.1 Å². The standard InChI is InChI=1S/C12H9NO7S/c1-19-8-4-2-3-5-9(8)20-12(16)10-7(11(14)15)6-13-21(10,17)18/h2-6H,1H3,(H,14,15). The first kappa shape index (κ1) is 14.7. The van der Waals surface area contributed by atoms with Crippen molar-refractivity contribution in [1.82, 2.24) is 0 Å². The minimum Gasteiger partial charge on any atom is -0.493 e. The van der Waals surface area contributed by atoms with Gasteiger partial charge in [-0.3, -0.25) is 0 Å². The van der Waals surface area contributed by atoms with Crippen molar-refractivity contribution in [2.45, 2.75) is 0 Å². The summed E-state index contributed by atoms with van der Waals surface area (Å²) in [6, 6.07) is 6.03. The highest BCUT2D eigenvalue weighted by molar-refractivity contribution is 7.95. The van der Waals surface area contributed by atoms with Crippen molar-refractivity contribution in [3.05, 3.63) is 34.7 Å². The number of hydrogen-bond acceptors (Lipinski definition) is 6. The Morgan fingerprint density at radius 1 is 1.19 bits per heavy atom. The van der Waals surface area contributed by atoms with Gasteiger partial charge in [0.25, 0.3) is 10.0 Å². The normalized spacial score (nSPS) is 15.9. The number of hydrogen-bond donors (Lipinski definition) is 1. The third kappa shape index (κ3) is 2.77. The molecule has 1 aromatic carbocycles. The fourth-order valence-corrected chi connectivity index (χ4v) is 2.61. The van der Waals surface area contributed by atoms with E-state index >= 15 is 0 Å². The Labute approximate surface area is 119 Å². The van der Waals surface area contributed by atoms with Crippen LogP contribution in [-0.4, -0.2) is 38.8 Å². The minimum absolute atomic E-state index is 0.0376. The topological polar surface area (TPSA) is 119 Å². The predicted molar refractivity (Wildman–Crippen MR) is 70.7 cm³/mol. The highest BCUT2D eigenvalue weighted by Crippen LogP contribution is 2.29. The summed E-state index contributed by atoms with van der Waals surface area (Å²) >= 11 is 0. The van der Waals surface area contributed by atoms with Gasteiger partial charge < -0.3 is 14.6 Å². The molecule has 0 amide bonds. The van der Waals surface area contributed by atoms with Crippen LogP contribution in [-0.2, 0) is 19.6 Å². The van der Waals surface area contributed by atoms with Gasteiger partial charge in [0.05, 0.1) is 13.3 Å². The first-order valence-corrected chi connectivity index (χ1v) is 6.94. The lowest BCUT2D eigenvalue weighted by atomic mass is 10.2. The van der Waals surface area contributed by atoms with Crippen LogP contribution in [0.4, 0.5) is 0 Å². The van der Waals surface area contributed by atoms with Crippen molar-refractivity contribution in [3.63, 3.8) is 0 Å². The zero-order valence-electron chi connectivity index (χ0n) is 10.6. The van der Waals surface area contributed by atoms with Crippen molar-refractivity contribution >= 4 is 28.2 Å². The molecule has 0 bridgehead atoms. The summed E-state index contributed by atoms with van der Waals surface area (Å²) in [6.45, 7) is 0. The molecule has 0 saturated carbocycles. The lowest BCUT2D eigenvalue weighted by Gasteiger charge is -2.09. The van der Waals surface area contributed by atoms with Gasteiger partial charge in [0.1, 0.15) is 5.57 Å². The lowest BCUT2D eigenvalue weighted by Crippen LogP contribution is -2.19. The molecule has 1 heterocycles. The summed E-state index contributed by atoms with van der Waals surface area (Å²) in [5.41, 5.74) is -0.741. The first-order valence-electron chi connectivity index (χ1n) is 5.50. The van der Waals surface area contributed by atoms with Gasteiger partial charge in [-0.2, -0.15) is 12.8 Å². The summed E-state index contributed by atoms with van der Waals surface area (Å²) in [7, 11) is -3.03. The molecule has 1 aliphatic rings. The van der Waals surface area contributed by atoms with Crippen molar-refractivity contribution in [2.75, 3.05) is 7.11 Å². The molecule has 0 fully saturated rings. The zero-order chi connectivity index (χ0) is 15.6. The third-order valence-corrected chi connectivity index (χ3v) is 3.80. The number of para-hydroxylation sites is 2. The summed E-state index contributed by atoms with van der Waals surface area (Å²) in [5, 5.41) is 8.89. The molecule has 0 radical (unpaired) electrons. The quantitative estimate of drug-likeness (QED) is 0.629. The number of benzene rings is 1. The van der Waals surface area contributed by atoms with Gasteiger partial charge in [-0.15, -0.1) is 0 Å². The molecule has 9 heteroatoms. The third-order valence-electron chi connectivity index (χ3n) is 2.51. The number of ether oxygens (including phenoxy) is 2. The molecule has 0 spiro atoms. The van der Waals surface area contributed by atoms with Crippen LogP contribution < -0.4 is 9.47 Å². The summed E-state index contributed by atoms with van der Waals surface area (Å²) in [5.74, 6) is -2.77. The molecule has 110 valence electrons. The zero-order valence-corrected chi connectivity index (χ0v) is 11.5. The lowest BCUT2D eigenvalue weighted by molar-refractivity contribution is -0.133. The molecule has 0 aromatic heterocycles. The molecule has 1 aliphatic heterocycles. The average Bonchev–Trinajstić information content (AvgIpc) is 2.75. The number of nitrogens with zero attached hydrogens (tertiary/aromatic N) is 1. The monoisotopic (exact) mass is 311 g/mol. The number of carboxylic acids is 1. The average molecular weight is 311 g/mol. The molecule has 2 rings (SSSR count). The van der Waals surface area contributed by atoms with Crippen LogP contribution in [0, 0.1) is 0 Å². The van der Waals surface area contributed by atoms with E-state index in [1.807, 2.05) is 0 Å². The number of rotatable bonds is 4. The van der Waals surface area contributed by atoms with Crippen molar-refractivity contribution in [3.8, 4) is 11.5 Å². The van der Waals surface area contributed by atoms with E-state index in [-0.39, 0.29) is 11.5 Å². The van der Waals surface area contributed by atoms with E-state index in [9.17, 15) is 18.0 Å². The molecule has 0 atom stereocenters. The van der Waals surface area contributed by atoms with E-state index < -0.39 is 32.4 Å². The highest BCUT2D eigenvalue weighted by Gasteiger charge is 2.37. The van der Waals surface area contributed by atoms with Crippen molar-refractivity contribution in [2.24, 2.45) is 4.40 Å². The summed E-state index contributed by atoms with van der Waals surface area (Å²) in [6.07, 6.45) is 0.594. The molecule has 1 N–H and O–H groups in total. The predicted octanol–water partition coefficient (Wildman–Crippen LogP) is 0.353. The van der Waals surface area contributed by atoms with E-state index in [1.165, 1.54) is 25.3 Å². The number of carboxylic acid groups (broad SMARTS) is 1. The van der Waals surface area contributed by atoms with Gasteiger partial charge in [0, 0.05) is 0 Å². The molecule has 0 unspecified atom stereocenters. The Bertz CT molecular complexity index is 777. The highest BCUT2D eigenvalue weighted by atomic mass is 32.2. The van der Waals surface area contributed by atoms with Crippen LogP contribution in [0.5, 0.6) is 11.5 Å². The van der Waals surface area contributed by atoms with E-state index in [0.29, 0.717) is 6.21 Å². The molecular weight excluding hydrogens is 302 g/mol. The SMILES string of the molecule is COc1ccccc1OC(=O)C1=C(C(=O)O)C=NS1(=O)=O. The van der Waals surface area contributed by atoms with E-state index in [4.69, 9.17) is 14.6 Å². The van der Waals surface area contributed by atoms with E-state index in [2.05, 4.69) is 4.40 Å². The maximum atomic E-state index is 12.0. The number of methoxy groups -OCH3 is 1. The Kier molecular flexibility index (Phi) is 3.76. The second-order valence-corrected chi connectivity index (χ2v) is 5.37. The number of sulfonamides is 1. The largest absolute Gasteiger partial charge is 0.493 e. The Morgan fingerprint density at radius 2 is 1.81 bits per heavy atom. The van der Waals surface area contributed by atoms with Crippen LogP contribution in [0.25, 0.3) is 0 Å². The maximum absolute atomic E-state index is 12.0. The summed E-state index contributed by atoms with van der Waals surface area (Å²) in [4.78, 5) is 21.9. The fourth-order valence-electron chi connectivity index (χ4n) is 1.59. The number of carbonyl (C=O) groups excluding carboxylic acids is 1. The number of aliphatic carboxylic acids is 1. The first-order chi connectivity index (χ1) is 9.86. The molecule has 8 nitrogen and oxygen atoms in total. The second-order valence-electron chi connectivity index (χ2n) is 3.80. The van der Waals surface area contributed by atoms with Crippen LogP contribution in [0.3, 0.4) is 0 Å². The van der Waals surface area contributed by atoms with Crippen LogP contribution in [0.2, 0.25) is 0 Å². The van der Waals surface area contributed by atoms with Crippen LogP contribution >= 0.6 is 0 Å². The second kappa shape index (κ2) is 5.37. The molecule has 1 aromatic rings. The van der Waals surface area contributed by atoms with Crippen molar-refractivity contribution in [1.29, 1.82) is 0 Å². The van der Waals surface area contributed by atoms with E-state index in [1.54, 1.807) is 6.07 Å².